The molecule has 2 atom stereocenters. The van der Waals surface area contributed by atoms with Crippen molar-refractivity contribution in [2.75, 3.05) is 17.7 Å². The zero-order valence-electron chi connectivity index (χ0n) is 38.4. The van der Waals surface area contributed by atoms with Gasteiger partial charge in [-0.1, -0.05) is 59.0 Å². The van der Waals surface area contributed by atoms with E-state index in [4.69, 9.17) is 9.84 Å². The fourth-order valence-corrected chi connectivity index (χ4v) is 8.78. The van der Waals surface area contributed by atoms with Crippen LogP contribution in [-0.2, 0) is 54.4 Å². The molecular formula is C49H51LiN12O5. The molecule has 0 saturated heterocycles. The quantitative estimate of drug-likeness (QED) is 0.127. The van der Waals surface area contributed by atoms with Gasteiger partial charge in [-0.3, -0.25) is 19.0 Å². The van der Waals surface area contributed by atoms with Gasteiger partial charge in [0.2, 0.25) is 0 Å². The molecule has 17 nitrogen and oxygen atoms in total. The smallest absolute Gasteiger partial charge is 0.870 e. The molecule has 4 N–H and O–H groups in total. The molecule has 8 aromatic rings. The SMILES string of the molecule is COC(=O)Cc1ccc(NC2CCn3nnc(C)c3-c3ccc(-c4cnn(C)c4)cc32)cc1.Cc1nnn2c1-c1ccc(-c3cnn(C)c3)cc1C(Nc1ccc(CC(=O)O)cc1)CC2.[Li+].[OH-]. The maximum Gasteiger partial charge on any atom is 1.00 e. The van der Waals surface area contributed by atoms with Crippen LogP contribution in [0.3, 0.4) is 0 Å². The Bertz CT molecular complexity index is 3010. The first-order valence-electron chi connectivity index (χ1n) is 21.6. The van der Waals surface area contributed by atoms with Crippen LogP contribution in [0.4, 0.5) is 11.4 Å². The average molecular weight is 895 g/mol. The number of esters is 1. The number of carboxylic acid groups (broad SMARTS) is 1. The van der Waals surface area contributed by atoms with E-state index in [9.17, 15) is 9.59 Å². The molecule has 2 aliphatic rings. The molecule has 338 valence electrons. The van der Waals surface area contributed by atoms with Crippen molar-refractivity contribution < 1.29 is 43.8 Å². The molecule has 4 aromatic heterocycles. The number of benzene rings is 4. The fourth-order valence-electron chi connectivity index (χ4n) is 8.78. The predicted octanol–water partition coefficient (Wildman–Crippen LogP) is 4.59. The Balaban J connectivity index is 0.000000193. The van der Waals surface area contributed by atoms with Crippen molar-refractivity contribution in [2.45, 2.75) is 64.7 Å². The summed E-state index contributed by atoms with van der Waals surface area (Å²) in [7, 11) is 5.25. The zero-order chi connectivity index (χ0) is 45.2. The minimum absolute atomic E-state index is 0. The topological polar surface area (TPSA) is 215 Å². The van der Waals surface area contributed by atoms with Gasteiger partial charge in [-0.05, 0) is 96.5 Å². The molecule has 0 bridgehead atoms. The van der Waals surface area contributed by atoms with E-state index < -0.39 is 5.97 Å². The van der Waals surface area contributed by atoms with Crippen molar-refractivity contribution in [2.24, 2.45) is 14.1 Å². The van der Waals surface area contributed by atoms with Gasteiger partial charge < -0.3 is 26.0 Å². The van der Waals surface area contributed by atoms with E-state index in [0.717, 1.165) is 105 Å². The Hall–Kier alpha value is -7.32. The number of ether oxygens (including phenoxy) is 1. The summed E-state index contributed by atoms with van der Waals surface area (Å²) in [5.41, 5.74) is 16.7. The van der Waals surface area contributed by atoms with Gasteiger partial charge in [0.15, 0.2) is 0 Å². The van der Waals surface area contributed by atoms with E-state index in [1.165, 1.54) is 18.2 Å². The molecule has 0 aliphatic carbocycles. The summed E-state index contributed by atoms with van der Waals surface area (Å²) < 4.78 is 12.4. The number of carbonyl (C=O) groups excluding carboxylic acids is 1. The van der Waals surface area contributed by atoms with Crippen molar-refractivity contribution >= 4 is 23.3 Å². The number of rotatable bonds is 10. The number of hydrogen-bond donors (Lipinski definition) is 3. The number of carboxylic acids is 1. The third-order valence-electron chi connectivity index (χ3n) is 12.0. The van der Waals surface area contributed by atoms with Crippen molar-refractivity contribution in [1.82, 2.24) is 49.5 Å². The van der Waals surface area contributed by atoms with Gasteiger partial charge in [-0.25, -0.2) is 9.36 Å². The predicted molar refractivity (Wildman–Crippen MR) is 249 cm³/mol. The first-order valence-corrected chi connectivity index (χ1v) is 21.6. The molecule has 18 heteroatoms. The Morgan fingerprint density at radius 2 is 1.09 bits per heavy atom. The number of nitrogens with one attached hydrogen (secondary N) is 2. The molecule has 10 rings (SSSR count). The van der Waals surface area contributed by atoms with Gasteiger partial charge in [0.1, 0.15) is 0 Å². The van der Waals surface area contributed by atoms with Crippen LogP contribution in [0.2, 0.25) is 0 Å². The summed E-state index contributed by atoms with van der Waals surface area (Å²) in [5.74, 6) is -1.07. The molecule has 0 amide bonds. The number of methoxy groups -OCH3 is 1. The molecule has 0 saturated carbocycles. The van der Waals surface area contributed by atoms with Crippen LogP contribution in [-0.4, -0.2) is 79.2 Å². The van der Waals surface area contributed by atoms with E-state index in [0.29, 0.717) is 0 Å². The first kappa shape index (κ1) is 47.6. The molecule has 2 unspecified atom stereocenters. The third kappa shape index (κ3) is 10.4. The molecule has 4 aromatic carbocycles. The van der Waals surface area contributed by atoms with Crippen LogP contribution in [0.5, 0.6) is 0 Å². The molecule has 0 fully saturated rings. The standard InChI is InChI=1S/C25H26N6O2.C24H24N6O2.Li.H2O/c1-16-25-21-9-6-18(19-14-26-30(2)15-19)13-22(21)23(10-11-31(25)29-28-16)27-20-7-4-17(5-8-20)12-24(32)33-3;1-15-24-20-8-5-17(18-13-25-29(2)14-18)12-21(20)22(9-10-30(24)28-27-15)26-19-6-3-16(4-7-19)11-23(31)32;;/h4-9,13-15,23,27H,10-12H2,1-3H3;3-8,12-14,22,26H,9-11H2,1-2H3,(H,31,32);;1H2/q;;+1;/p-1. The normalized spacial score (nSPS) is 14.5. The molecule has 6 heterocycles. The summed E-state index contributed by atoms with van der Waals surface area (Å²) >= 11 is 0. The van der Waals surface area contributed by atoms with Crippen molar-refractivity contribution in [3.63, 3.8) is 0 Å². The summed E-state index contributed by atoms with van der Waals surface area (Å²) in [6.07, 6.45) is 9.80. The van der Waals surface area contributed by atoms with E-state index in [1.54, 1.807) is 4.68 Å². The van der Waals surface area contributed by atoms with Crippen LogP contribution < -0.4 is 29.5 Å². The van der Waals surface area contributed by atoms with Crippen LogP contribution in [0, 0.1) is 13.8 Å². The van der Waals surface area contributed by atoms with Crippen LogP contribution in [0.25, 0.3) is 44.8 Å². The third-order valence-corrected chi connectivity index (χ3v) is 12.0. The van der Waals surface area contributed by atoms with Gasteiger partial charge in [0.05, 0.1) is 67.2 Å². The monoisotopic (exact) mass is 894 g/mol. The van der Waals surface area contributed by atoms with E-state index in [-0.39, 0.29) is 55.2 Å². The molecule has 0 radical (unpaired) electrons. The van der Waals surface area contributed by atoms with Gasteiger partial charge in [-0.2, -0.15) is 10.2 Å². The minimum atomic E-state index is -0.829. The van der Waals surface area contributed by atoms with E-state index >= 15 is 0 Å². The van der Waals surface area contributed by atoms with Crippen LogP contribution in [0.15, 0.2) is 110 Å². The van der Waals surface area contributed by atoms with Crippen LogP contribution in [0.1, 0.15) is 58.6 Å². The summed E-state index contributed by atoms with van der Waals surface area (Å²) in [6.45, 7) is 5.52. The Morgan fingerprint density at radius 1 is 0.657 bits per heavy atom. The number of nitrogens with zero attached hydrogens (tertiary/aromatic N) is 10. The minimum Gasteiger partial charge on any atom is -0.870 e. The van der Waals surface area contributed by atoms with Crippen LogP contribution >= 0.6 is 0 Å². The van der Waals surface area contributed by atoms with Crippen molar-refractivity contribution in [3.05, 3.63) is 143 Å². The summed E-state index contributed by atoms with van der Waals surface area (Å²) in [4.78, 5) is 22.5. The van der Waals surface area contributed by atoms with Crippen molar-refractivity contribution in [1.29, 1.82) is 0 Å². The summed E-state index contributed by atoms with van der Waals surface area (Å²) in [6, 6.07) is 28.8. The molecule has 67 heavy (non-hydrogen) atoms. The number of hydrogen-bond acceptors (Lipinski definition) is 12. The second-order valence-electron chi connectivity index (χ2n) is 16.6. The van der Waals surface area contributed by atoms with Gasteiger partial charge in [0.25, 0.3) is 0 Å². The van der Waals surface area contributed by atoms with Gasteiger partial charge in [0, 0.05) is 73.2 Å². The van der Waals surface area contributed by atoms with Gasteiger partial charge in [-0.15, -0.1) is 10.2 Å². The number of aryl methyl sites for hydroxylation is 6. The Labute approximate surface area is 399 Å². The summed E-state index contributed by atoms with van der Waals surface area (Å²) in [5, 5.41) is 42.3. The fraction of sp³-hybridized carbons (Fsp3) is 0.265. The second-order valence-corrected chi connectivity index (χ2v) is 16.6. The molecular weight excluding hydrogens is 844 g/mol. The average Bonchev–Trinajstić information content (AvgIpc) is 4.08. The first-order chi connectivity index (χ1) is 31.5. The number of anilines is 2. The molecule has 0 spiro atoms. The van der Waals surface area contributed by atoms with E-state index in [1.807, 2.05) is 115 Å². The van der Waals surface area contributed by atoms with E-state index in [2.05, 4.69) is 77.9 Å². The second kappa shape index (κ2) is 20.5. The molecule has 2 aliphatic heterocycles. The maximum atomic E-state index is 11.6. The maximum absolute atomic E-state index is 11.6. The Kier molecular flexibility index (Phi) is 14.5. The number of carbonyl (C=O) groups is 2. The number of fused-ring (bicyclic) bond motifs is 6. The number of aliphatic carboxylic acids is 1. The Morgan fingerprint density at radius 3 is 1.48 bits per heavy atom. The van der Waals surface area contributed by atoms with Crippen molar-refractivity contribution in [3.8, 4) is 44.8 Å². The van der Waals surface area contributed by atoms with Gasteiger partial charge >= 0.3 is 30.8 Å². The largest absolute Gasteiger partial charge is 1.00 e. The zero-order valence-corrected chi connectivity index (χ0v) is 38.4. The number of aromatic nitrogens is 10.